The van der Waals surface area contributed by atoms with Crippen molar-refractivity contribution in [2.24, 2.45) is 0 Å². The quantitative estimate of drug-likeness (QED) is 0.123. The van der Waals surface area contributed by atoms with E-state index in [0.717, 1.165) is 99.8 Å². The number of hydrogen-bond donors (Lipinski definition) is 0. The van der Waals surface area contributed by atoms with Crippen LogP contribution in [0.2, 0.25) is 0 Å². The summed E-state index contributed by atoms with van der Waals surface area (Å²) in [6, 6.07) is 25.7. The van der Waals surface area contributed by atoms with Crippen molar-refractivity contribution in [1.82, 2.24) is 14.8 Å². The number of methoxy groups -OCH3 is 4. The van der Waals surface area contributed by atoms with Gasteiger partial charge >= 0.3 is 0 Å². The molecule has 10 rings (SSSR count). The Morgan fingerprint density at radius 2 is 1.15 bits per heavy atom. The van der Waals surface area contributed by atoms with Gasteiger partial charge in [0.05, 0.1) is 53.2 Å². The van der Waals surface area contributed by atoms with E-state index in [0.29, 0.717) is 12.6 Å². The Labute approximate surface area is 384 Å². The number of nitro groups is 1. The van der Waals surface area contributed by atoms with Gasteiger partial charge in [-0.2, -0.15) is 0 Å². The van der Waals surface area contributed by atoms with Crippen LogP contribution in [0.3, 0.4) is 0 Å². The van der Waals surface area contributed by atoms with Crippen molar-refractivity contribution >= 4 is 5.69 Å². The maximum atomic E-state index is 11.2. The van der Waals surface area contributed by atoms with E-state index in [2.05, 4.69) is 53.1 Å². The number of rotatable bonds is 8. The molecule has 2 saturated carbocycles. The Morgan fingerprint density at radius 3 is 1.63 bits per heavy atom. The van der Waals surface area contributed by atoms with Gasteiger partial charge in [0.25, 0.3) is 5.69 Å². The van der Waals surface area contributed by atoms with Crippen LogP contribution in [0.1, 0.15) is 88.0 Å². The Kier molecular flexibility index (Phi) is 15.4. The van der Waals surface area contributed by atoms with E-state index in [9.17, 15) is 10.1 Å². The van der Waals surface area contributed by atoms with Crippen LogP contribution in [0.15, 0.2) is 91.3 Å². The summed E-state index contributed by atoms with van der Waals surface area (Å²) in [6.45, 7) is 7.96. The van der Waals surface area contributed by atoms with E-state index in [-0.39, 0.29) is 39.4 Å². The molecule has 0 bridgehead atoms. The zero-order valence-electron chi connectivity index (χ0n) is 39.5. The Morgan fingerprint density at radius 1 is 0.631 bits per heavy atom. The van der Waals surface area contributed by atoms with Gasteiger partial charge in [-0.25, -0.2) is 0 Å². The SMILES string of the molecule is CC.COc1ccc(C23CCN(C)C2CC2(CC3)OCC(c3cccc([N+](=O)[O-])c3)O2)cc1OC.COc1ccc(C23CCN(C)C2CC2(CC3)OCCO2)cc1OC.c1ccncc1. The number of ether oxygens (including phenoxy) is 8. The number of nitrogens with zero attached hydrogens (tertiary/aromatic N) is 4. The van der Waals surface area contributed by atoms with Crippen LogP contribution in [0.25, 0.3) is 0 Å². The lowest BCUT2D eigenvalue weighted by molar-refractivity contribution is -0.385. The first-order valence-corrected chi connectivity index (χ1v) is 23.1. The molecule has 5 heterocycles. The molecule has 6 atom stereocenters. The molecule has 2 aliphatic carbocycles. The Bertz CT molecular complexity index is 2160. The largest absolute Gasteiger partial charge is 0.493 e. The van der Waals surface area contributed by atoms with Gasteiger partial charge in [-0.1, -0.05) is 44.2 Å². The molecule has 0 radical (unpaired) electrons. The number of likely N-dealkylation sites (N-methyl/N-ethyl adjacent to an activating group) is 2. The lowest BCUT2D eigenvalue weighted by atomic mass is 9.64. The molecular formula is C51H68N4O10. The number of non-ortho nitro benzene ring substituents is 1. The molecule has 352 valence electrons. The van der Waals surface area contributed by atoms with Crippen LogP contribution in [0, 0.1) is 10.1 Å². The van der Waals surface area contributed by atoms with Gasteiger partial charge in [0.15, 0.2) is 34.6 Å². The minimum atomic E-state index is -0.668. The van der Waals surface area contributed by atoms with Crippen molar-refractivity contribution in [2.45, 2.75) is 106 Å². The maximum Gasteiger partial charge on any atom is 0.269 e. The number of pyridine rings is 1. The van der Waals surface area contributed by atoms with Crippen LogP contribution >= 0.6 is 0 Å². The fraction of sp³-hybridized carbons (Fsp3) is 0.549. The summed E-state index contributed by atoms with van der Waals surface area (Å²) < 4.78 is 46.8. The van der Waals surface area contributed by atoms with E-state index in [1.54, 1.807) is 53.0 Å². The van der Waals surface area contributed by atoms with E-state index in [1.165, 1.54) is 23.6 Å². The van der Waals surface area contributed by atoms with Gasteiger partial charge in [0, 0.05) is 73.1 Å². The molecule has 14 nitrogen and oxygen atoms in total. The van der Waals surface area contributed by atoms with Crippen LogP contribution < -0.4 is 18.9 Å². The first-order valence-electron chi connectivity index (χ1n) is 23.1. The third-order valence-corrected chi connectivity index (χ3v) is 14.7. The summed E-state index contributed by atoms with van der Waals surface area (Å²) >= 11 is 0. The standard InChI is InChI=1S/C25H30N2O6.C19H27NO4.C5H5N.C2H6/c1-26-12-11-24(18-7-8-20(30-2)21(14-18)31-3)9-10-25(15-23(24)26)32-16-22(33-25)17-5-4-6-19(13-17)27(28)29;1-20-9-8-18(14-4-5-15(21-2)16(12-14)22-3)6-7-19(13-17(18)20)23-10-11-24-19;1-2-4-6-5-3-1;1-2/h4-8,13-14,22-23H,9-12,15-16H2,1-3H3;4-5,12,17H,6-11,13H2,1-3H3;1-5H;1-2H3. The fourth-order valence-electron chi connectivity index (χ4n) is 11.3. The summed E-state index contributed by atoms with van der Waals surface area (Å²) in [5.74, 6) is 2.05. The van der Waals surface area contributed by atoms with Crippen LogP contribution in [0.4, 0.5) is 5.69 Å². The summed E-state index contributed by atoms with van der Waals surface area (Å²) in [5, 5.41) is 11.2. The highest BCUT2D eigenvalue weighted by Gasteiger charge is 2.59. The third-order valence-electron chi connectivity index (χ3n) is 14.7. The van der Waals surface area contributed by atoms with Gasteiger partial charge in [0.1, 0.15) is 6.10 Å². The van der Waals surface area contributed by atoms with E-state index in [4.69, 9.17) is 37.9 Å². The highest BCUT2D eigenvalue weighted by Crippen LogP contribution is 2.56. The Balaban J connectivity index is 0.000000171. The Hall–Kier alpha value is -4.83. The number of hydrogen-bond acceptors (Lipinski definition) is 13. The third kappa shape index (κ3) is 9.70. The van der Waals surface area contributed by atoms with Crippen LogP contribution in [0.5, 0.6) is 23.0 Å². The monoisotopic (exact) mass is 896 g/mol. The summed E-state index contributed by atoms with van der Waals surface area (Å²) in [4.78, 5) is 19.5. The van der Waals surface area contributed by atoms with Crippen molar-refractivity contribution in [3.63, 3.8) is 0 Å². The summed E-state index contributed by atoms with van der Waals surface area (Å²) in [6.07, 6.45) is 10.9. The lowest BCUT2D eigenvalue weighted by Crippen LogP contribution is -2.52. The van der Waals surface area contributed by atoms with Crippen molar-refractivity contribution < 1.29 is 42.8 Å². The first kappa shape index (κ1) is 48.1. The predicted octanol–water partition coefficient (Wildman–Crippen LogP) is 8.90. The molecule has 6 fully saturated rings. The van der Waals surface area contributed by atoms with Crippen LogP contribution in [-0.4, -0.2) is 119 Å². The molecule has 6 aliphatic rings. The average Bonchev–Trinajstić information content (AvgIpc) is 4.16. The number of fused-ring (bicyclic) bond motifs is 2. The smallest absolute Gasteiger partial charge is 0.269 e. The first-order chi connectivity index (χ1) is 31.5. The second kappa shape index (κ2) is 20.8. The van der Waals surface area contributed by atoms with Gasteiger partial charge in [-0.05, 0) is 106 Å². The molecule has 0 N–H and O–H groups in total. The second-order valence-electron chi connectivity index (χ2n) is 17.7. The maximum absolute atomic E-state index is 11.2. The number of nitro benzene ring substituents is 1. The summed E-state index contributed by atoms with van der Waals surface area (Å²) in [7, 11) is 11.1. The molecule has 14 heteroatoms. The van der Waals surface area contributed by atoms with Gasteiger partial charge < -0.3 is 47.7 Å². The predicted molar refractivity (Wildman–Crippen MR) is 248 cm³/mol. The summed E-state index contributed by atoms with van der Waals surface area (Å²) in [5.41, 5.74) is 3.62. The number of likely N-dealkylation sites (tertiary alicyclic amines) is 2. The van der Waals surface area contributed by atoms with Crippen molar-refractivity contribution in [3.05, 3.63) is 118 Å². The van der Waals surface area contributed by atoms with E-state index in [1.807, 2.05) is 50.2 Å². The molecular weight excluding hydrogens is 829 g/mol. The molecule has 4 aliphatic heterocycles. The molecule has 1 aromatic heterocycles. The van der Waals surface area contributed by atoms with Crippen LogP contribution in [-0.2, 0) is 29.8 Å². The van der Waals surface area contributed by atoms with Gasteiger partial charge in [-0.15, -0.1) is 0 Å². The zero-order valence-corrected chi connectivity index (χ0v) is 39.5. The average molecular weight is 897 g/mol. The molecule has 4 aromatic rings. The molecule has 3 aromatic carbocycles. The van der Waals surface area contributed by atoms with E-state index < -0.39 is 5.79 Å². The van der Waals surface area contributed by atoms with E-state index >= 15 is 0 Å². The van der Waals surface area contributed by atoms with Gasteiger partial charge in [0.2, 0.25) is 0 Å². The van der Waals surface area contributed by atoms with Crippen molar-refractivity contribution in [2.75, 3.05) is 75.4 Å². The minimum Gasteiger partial charge on any atom is -0.493 e. The molecule has 65 heavy (non-hydrogen) atoms. The zero-order chi connectivity index (χ0) is 46.2. The second-order valence-corrected chi connectivity index (χ2v) is 17.7. The highest BCUT2D eigenvalue weighted by atomic mass is 16.7. The van der Waals surface area contributed by atoms with Gasteiger partial charge in [-0.3, -0.25) is 15.1 Å². The lowest BCUT2D eigenvalue weighted by Gasteiger charge is -2.48. The number of aromatic nitrogens is 1. The van der Waals surface area contributed by atoms with Crippen molar-refractivity contribution in [1.29, 1.82) is 0 Å². The van der Waals surface area contributed by atoms with Crippen molar-refractivity contribution in [3.8, 4) is 23.0 Å². The number of benzene rings is 3. The molecule has 6 unspecified atom stereocenters. The fourth-order valence-corrected chi connectivity index (χ4v) is 11.3. The topological polar surface area (TPSA) is 136 Å². The molecule has 0 amide bonds. The minimum absolute atomic E-state index is 0.00408. The normalized spacial score (nSPS) is 28.6. The molecule has 2 spiro atoms. The molecule has 4 saturated heterocycles. The highest BCUT2D eigenvalue weighted by molar-refractivity contribution is 5.48.